The van der Waals surface area contributed by atoms with Gasteiger partial charge in [-0.15, -0.1) is 0 Å². The summed E-state index contributed by atoms with van der Waals surface area (Å²) in [4.78, 5) is 14.5. The molecule has 0 saturated heterocycles. The van der Waals surface area contributed by atoms with E-state index in [0.717, 1.165) is 22.1 Å². The number of carbonyl (C=O) groups excluding carboxylic acids is 1. The van der Waals surface area contributed by atoms with Gasteiger partial charge in [0, 0.05) is 33.9 Å². The molecule has 1 heterocycles. The molecule has 0 radical (unpaired) electrons. The first kappa shape index (κ1) is 19.9. The van der Waals surface area contributed by atoms with E-state index in [1.165, 1.54) is 5.56 Å². The van der Waals surface area contributed by atoms with Crippen LogP contribution in [0.15, 0.2) is 46.0 Å². The molecule has 1 amide bonds. The zero-order valence-corrected chi connectivity index (χ0v) is 18.2. The van der Waals surface area contributed by atoms with Crippen molar-refractivity contribution in [2.75, 3.05) is 11.9 Å². The van der Waals surface area contributed by atoms with Crippen LogP contribution in [0.25, 0.3) is 0 Å². The number of nitrogens with zero attached hydrogens (tertiary/aromatic N) is 2. The maximum absolute atomic E-state index is 12.2. The van der Waals surface area contributed by atoms with Crippen LogP contribution in [0.2, 0.25) is 5.02 Å². The van der Waals surface area contributed by atoms with Crippen molar-refractivity contribution in [3.8, 4) is 0 Å². The van der Waals surface area contributed by atoms with E-state index in [0.29, 0.717) is 16.5 Å². The average molecular weight is 449 g/mol. The third-order valence-corrected chi connectivity index (χ3v) is 6.03. The predicted octanol–water partition coefficient (Wildman–Crippen LogP) is 5.59. The lowest BCUT2D eigenvalue weighted by Gasteiger charge is -2.45. The number of hydrazone groups is 1. The maximum atomic E-state index is 12.2. The summed E-state index contributed by atoms with van der Waals surface area (Å²) in [5, 5.41) is 4.71. The Morgan fingerprint density at radius 2 is 2.11 bits per heavy atom. The summed E-state index contributed by atoms with van der Waals surface area (Å²) in [6.07, 6.45) is 2.67. The fourth-order valence-corrected chi connectivity index (χ4v) is 4.16. The Hall–Kier alpha value is -1.85. The van der Waals surface area contributed by atoms with Crippen molar-refractivity contribution in [1.82, 2.24) is 5.43 Å². The number of carbonyl (C=O) groups is 1. The van der Waals surface area contributed by atoms with Crippen molar-refractivity contribution < 1.29 is 4.79 Å². The third-order valence-electron chi connectivity index (χ3n) is 5.21. The fourth-order valence-electron chi connectivity index (χ4n) is 3.56. The minimum Gasteiger partial charge on any atom is -0.369 e. The van der Waals surface area contributed by atoms with E-state index in [1.807, 2.05) is 18.2 Å². The third kappa shape index (κ3) is 4.19. The Balaban J connectivity index is 1.81. The highest BCUT2D eigenvalue weighted by Crippen LogP contribution is 2.44. The lowest BCUT2D eigenvalue weighted by Crippen LogP contribution is -2.45. The smallest absolute Gasteiger partial charge is 0.271 e. The van der Waals surface area contributed by atoms with E-state index < -0.39 is 0 Å². The van der Waals surface area contributed by atoms with Crippen LogP contribution in [0.3, 0.4) is 0 Å². The zero-order chi connectivity index (χ0) is 19.8. The highest BCUT2D eigenvalue weighted by Gasteiger charge is 2.34. The number of amides is 1. The maximum Gasteiger partial charge on any atom is 0.271 e. The van der Waals surface area contributed by atoms with Gasteiger partial charge in [0.2, 0.25) is 0 Å². The molecule has 0 saturated carbocycles. The van der Waals surface area contributed by atoms with E-state index in [-0.39, 0.29) is 11.4 Å². The number of anilines is 1. The van der Waals surface area contributed by atoms with Crippen molar-refractivity contribution in [2.45, 2.75) is 38.6 Å². The Bertz CT molecular complexity index is 910. The molecule has 2 aromatic rings. The molecule has 3 rings (SSSR count). The zero-order valence-electron chi connectivity index (χ0n) is 15.9. The molecule has 0 aliphatic carbocycles. The van der Waals surface area contributed by atoms with Crippen molar-refractivity contribution in [2.24, 2.45) is 5.10 Å². The van der Waals surface area contributed by atoms with Gasteiger partial charge in [0.15, 0.2) is 0 Å². The van der Waals surface area contributed by atoms with Crippen molar-refractivity contribution in [3.05, 3.63) is 62.6 Å². The molecule has 6 heteroatoms. The molecule has 27 heavy (non-hydrogen) atoms. The molecule has 142 valence electrons. The summed E-state index contributed by atoms with van der Waals surface area (Å²) in [6, 6.07) is 11.2. The molecule has 0 spiro atoms. The molecule has 0 fully saturated rings. The van der Waals surface area contributed by atoms with Crippen LogP contribution < -0.4 is 10.3 Å². The minimum absolute atomic E-state index is 0.0866. The van der Waals surface area contributed by atoms with Crippen LogP contribution in [-0.2, 0) is 0 Å². The number of rotatable bonds is 3. The largest absolute Gasteiger partial charge is 0.369 e. The number of benzene rings is 2. The summed E-state index contributed by atoms with van der Waals surface area (Å²) in [5.41, 5.74) is 6.38. The number of nitrogens with one attached hydrogen (secondary N) is 1. The second-order valence-corrected chi connectivity index (χ2v) is 8.94. The van der Waals surface area contributed by atoms with Crippen LogP contribution in [0.1, 0.15) is 54.6 Å². The van der Waals surface area contributed by atoms with Crippen molar-refractivity contribution in [1.29, 1.82) is 0 Å². The first-order valence-electron chi connectivity index (χ1n) is 8.85. The Kier molecular flexibility index (Phi) is 5.63. The van der Waals surface area contributed by atoms with Crippen LogP contribution in [0, 0.1) is 0 Å². The van der Waals surface area contributed by atoms with Crippen molar-refractivity contribution in [3.63, 3.8) is 0 Å². The summed E-state index contributed by atoms with van der Waals surface area (Å²) in [6.45, 7) is 6.72. The quantitative estimate of drug-likeness (QED) is 0.491. The van der Waals surface area contributed by atoms with E-state index >= 15 is 0 Å². The number of halogens is 2. The lowest BCUT2D eigenvalue weighted by molar-refractivity contribution is 0.0955. The molecule has 0 unspecified atom stereocenters. The van der Waals surface area contributed by atoms with Crippen LogP contribution >= 0.6 is 27.5 Å². The van der Waals surface area contributed by atoms with Gasteiger partial charge in [0.05, 0.1) is 11.2 Å². The Labute approximate surface area is 173 Å². The molecule has 1 atom stereocenters. The summed E-state index contributed by atoms with van der Waals surface area (Å²) >= 11 is 9.84. The summed E-state index contributed by atoms with van der Waals surface area (Å²) in [7, 11) is 2.10. The predicted molar refractivity (Wildman–Crippen MR) is 116 cm³/mol. The van der Waals surface area contributed by atoms with Gasteiger partial charge in [-0.05, 0) is 62.1 Å². The first-order chi connectivity index (χ1) is 12.7. The van der Waals surface area contributed by atoms with Gasteiger partial charge in [0.25, 0.3) is 5.91 Å². The minimum atomic E-state index is -0.267. The van der Waals surface area contributed by atoms with E-state index in [4.69, 9.17) is 11.6 Å². The Morgan fingerprint density at radius 3 is 2.81 bits per heavy atom. The molecule has 1 aliphatic heterocycles. The molecule has 1 aliphatic rings. The fraction of sp³-hybridized carbons (Fsp3) is 0.333. The lowest BCUT2D eigenvalue weighted by atomic mass is 9.80. The van der Waals surface area contributed by atoms with Gasteiger partial charge in [-0.3, -0.25) is 4.79 Å². The molecule has 1 N–H and O–H groups in total. The normalized spacial score (nSPS) is 18.4. The van der Waals surface area contributed by atoms with Crippen LogP contribution in [-0.4, -0.2) is 24.7 Å². The molecular formula is C21H23BrClN3O. The highest BCUT2D eigenvalue weighted by atomic mass is 79.9. The second-order valence-electron chi connectivity index (χ2n) is 7.62. The number of fused-ring (bicyclic) bond motifs is 1. The van der Waals surface area contributed by atoms with Gasteiger partial charge in [-0.1, -0.05) is 40.5 Å². The second kappa shape index (κ2) is 7.64. The van der Waals surface area contributed by atoms with E-state index in [9.17, 15) is 4.79 Å². The van der Waals surface area contributed by atoms with Gasteiger partial charge in [-0.25, -0.2) is 5.43 Å². The van der Waals surface area contributed by atoms with Gasteiger partial charge in [0.1, 0.15) is 0 Å². The highest BCUT2D eigenvalue weighted by molar-refractivity contribution is 9.10. The standard InChI is InChI=1S/C21H23BrClN3O/c1-13-11-21(2,3)26(4)19-10-18(23)15(9-17(13)19)12-24-25-20(27)14-6-5-7-16(22)8-14/h5-10,12-13H,11H2,1-4H3,(H,25,27)/b24-12-/t13-/m0/s1. The topological polar surface area (TPSA) is 44.7 Å². The van der Waals surface area contributed by atoms with E-state index in [1.54, 1.807) is 18.3 Å². The van der Waals surface area contributed by atoms with E-state index in [2.05, 4.69) is 65.2 Å². The summed E-state index contributed by atoms with van der Waals surface area (Å²) < 4.78 is 0.845. The van der Waals surface area contributed by atoms with Crippen LogP contribution in [0.5, 0.6) is 0 Å². The van der Waals surface area contributed by atoms with Crippen LogP contribution in [0.4, 0.5) is 5.69 Å². The first-order valence-corrected chi connectivity index (χ1v) is 10.0. The SMILES string of the molecule is C[C@H]1CC(C)(C)N(C)c2cc(Cl)c(/C=N\NC(=O)c3cccc(Br)c3)cc21. The Morgan fingerprint density at radius 1 is 1.37 bits per heavy atom. The molecular weight excluding hydrogens is 426 g/mol. The molecule has 0 aromatic heterocycles. The average Bonchev–Trinajstić information content (AvgIpc) is 2.60. The summed E-state index contributed by atoms with van der Waals surface area (Å²) in [5.74, 6) is 0.156. The number of hydrogen-bond acceptors (Lipinski definition) is 3. The van der Waals surface area contributed by atoms with Crippen molar-refractivity contribution >= 4 is 45.3 Å². The van der Waals surface area contributed by atoms with Gasteiger partial charge in [-0.2, -0.15) is 5.10 Å². The molecule has 0 bridgehead atoms. The molecule has 2 aromatic carbocycles. The molecule has 4 nitrogen and oxygen atoms in total. The van der Waals surface area contributed by atoms with Gasteiger partial charge >= 0.3 is 0 Å². The number of hydrogen-bond donors (Lipinski definition) is 1. The van der Waals surface area contributed by atoms with Gasteiger partial charge < -0.3 is 4.90 Å². The monoisotopic (exact) mass is 447 g/mol.